The largest absolute Gasteiger partial charge is 0.374 e. The number of benzene rings is 1. The lowest BCUT2D eigenvalue weighted by Gasteiger charge is -2.47. The van der Waals surface area contributed by atoms with Crippen molar-refractivity contribution in [3.8, 4) is 0 Å². The van der Waals surface area contributed by atoms with E-state index in [1.54, 1.807) is 18.2 Å². The molecule has 1 atom stereocenters. The number of halogens is 1. The predicted octanol–water partition coefficient (Wildman–Crippen LogP) is 1.97. The Morgan fingerprint density at radius 3 is 2.73 bits per heavy atom. The van der Waals surface area contributed by atoms with Crippen molar-refractivity contribution in [2.75, 3.05) is 17.7 Å². The summed E-state index contributed by atoms with van der Waals surface area (Å²) in [5, 5.41) is 14.1. The minimum absolute atomic E-state index is 0.0501. The number of hydrogen-bond acceptors (Lipinski definition) is 6. The third-order valence-electron chi connectivity index (χ3n) is 5.63. The standard InChI is InChI=1S/C20H21FN4O4S/c1-19(2)18(22)25-20(11-30(19,27)28)10-29-9-12-3-5-14(7-15(12)20)24-17(26)16-6-4-13(21)8-23-16/h3-8H,9-11H2,1-2H3,(H2,22,25)(H,24,26)/t20-/m0/s1. The highest BCUT2D eigenvalue weighted by Crippen LogP contribution is 2.39. The number of rotatable bonds is 2. The van der Waals surface area contributed by atoms with E-state index in [-0.39, 0.29) is 23.9 Å². The molecule has 0 aliphatic carbocycles. The number of carbonyl (C=O) groups excluding carboxylic acids is 1. The Kier molecular flexibility index (Phi) is 4.66. The van der Waals surface area contributed by atoms with Gasteiger partial charge in [0.2, 0.25) is 0 Å². The van der Waals surface area contributed by atoms with E-state index in [4.69, 9.17) is 10.1 Å². The Bertz CT molecular complexity index is 1150. The molecule has 8 nitrogen and oxygen atoms in total. The molecular formula is C20H21FN4O4S. The summed E-state index contributed by atoms with van der Waals surface area (Å²) in [6, 6.07) is 7.53. The van der Waals surface area contributed by atoms with E-state index in [0.29, 0.717) is 17.9 Å². The van der Waals surface area contributed by atoms with Crippen molar-refractivity contribution in [3.05, 3.63) is 59.2 Å². The molecule has 0 radical (unpaired) electrons. The number of amides is 1. The van der Waals surface area contributed by atoms with E-state index in [1.807, 2.05) is 0 Å². The molecular weight excluding hydrogens is 411 g/mol. The predicted molar refractivity (Wildman–Crippen MR) is 109 cm³/mol. The zero-order valence-electron chi connectivity index (χ0n) is 16.5. The van der Waals surface area contributed by atoms with Gasteiger partial charge in [-0.05, 0) is 49.2 Å². The number of pyridine rings is 1. The van der Waals surface area contributed by atoms with Gasteiger partial charge in [-0.3, -0.25) is 10.2 Å². The summed E-state index contributed by atoms with van der Waals surface area (Å²) >= 11 is 0. The van der Waals surface area contributed by atoms with Crippen molar-refractivity contribution >= 4 is 27.3 Å². The minimum atomic E-state index is -3.64. The van der Waals surface area contributed by atoms with Crippen LogP contribution in [0.15, 0.2) is 36.5 Å². The highest BCUT2D eigenvalue weighted by Gasteiger charge is 2.54. The summed E-state index contributed by atoms with van der Waals surface area (Å²) in [7, 11) is -3.64. The van der Waals surface area contributed by atoms with Gasteiger partial charge in [-0.1, -0.05) is 6.07 Å². The van der Waals surface area contributed by atoms with Crippen LogP contribution in [0.1, 0.15) is 35.5 Å². The third-order valence-corrected chi connectivity index (χ3v) is 8.26. The summed E-state index contributed by atoms with van der Waals surface area (Å²) in [4.78, 5) is 16.2. The number of sulfone groups is 1. The molecule has 3 N–H and O–H groups in total. The molecule has 3 heterocycles. The Labute approximate surface area is 173 Å². The topological polar surface area (TPSA) is 121 Å². The molecule has 1 aromatic heterocycles. The van der Waals surface area contributed by atoms with E-state index >= 15 is 0 Å². The molecule has 1 aromatic carbocycles. The van der Waals surface area contributed by atoms with Crippen LogP contribution in [0.4, 0.5) is 10.1 Å². The molecule has 2 aromatic rings. The monoisotopic (exact) mass is 432 g/mol. The van der Waals surface area contributed by atoms with Crippen LogP contribution >= 0.6 is 0 Å². The fourth-order valence-electron chi connectivity index (χ4n) is 3.65. The average Bonchev–Trinajstić information content (AvgIpc) is 2.67. The Balaban J connectivity index is 1.69. The number of nitrogens with one attached hydrogen (secondary N) is 3. The molecule has 1 fully saturated rings. The van der Waals surface area contributed by atoms with E-state index < -0.39 is 31.8 Å². The molecule has 30 heavy (non-hydrogen) atoms. The van der Waals surface area contributed by atoms with Gasteiger partial charge in [0, 0.05) is 5.69 Å². The van der Waals surface area contributed by atoms with Crippen LogP contribution in [-0.4, -0.2) is 42.3 Å². The molecule has 0 bridgehead atoms. The maximum Gasteiger partial charge on any atom is 0.274 e. The zero-order chi connectivity index (χ0) is 21.7. The van der Waals surface area contributed by atoms with Crippen LogP contribution < -0.4 is 10.6 Å². The Hall–Kier alpha value is -2.85. The minimum Gasteiger partial charge on any atom is -0.374 e. The molecule has 1 saturated heterocycles. The number of aromatic nitrogens is 1. The van der Waals surface area contributed by atoms with Crippen LogP contribution in [0.5, 0.6) is 0 Å². The zero-order valence-corrected chi connectivity index (χ0v) is 17.3. The summed E-state index contributed by atoms with van der Waals surface area (Å²) < 4.78 is 43.2. The van der Waals surface area contributed by atoms with Gasteiger partial charge in [-0.25, -0.2) is 17.8 Å². The first-order chi connectivity index (χ1) is 14.0. The number of nitrogens with zero attached hydrogens (tertiary/aromatic N) is 1. The van der Waals surface area contributed by atoms with Crippen LogP contribution in [0.2, 0.25) is 0 Å². The maximum absolute atomic E-state index is 13.0. The normalized spacial score (nSPS) is 24.0. The Morgan fingerprint density at radius 1 is 1.30 bits per heavy atom. The average molecular weight is 432 g/mol. The second kappa shape index (κ2) is 6.85. The van der Waals surface area contributed by atoms with Crippen LogP contribution in [0, 0.1) is 11.2 Å². The van der Waals surface area contributed by atoms with Gasteiger partial charge < -0.3 is 15.4 Å². The number of ether oxygens (including phenoxy) is 1. The lowest BCUT2D eigenvalue weighted by atomic mass is 9.85. The third kappa shape index (κ3) is 3.25. The lowest BCUT2D eigenvalue weighted by Crippen LogP contribution is -2.67. The van der Waals surface area contributed by atoms with Crippen molar-refractivity contribution in [2.24, 2.45) is 0 Å². The van der Waals surface area contributed by atoms with Gasteiger partial charge in [0.05, 0.1) is 25.2 Å². The maximum atomic E-state index is 13.0. The first-order valence-electron chi connectivity index (χ1n) is 9.28. The van der Waals surface area contributed by atoms with E-state index in [0.717, 1.165) is 17.8 Å². The van der Waals surface area contributed by atoms with E-state index in [2.05, 4.69) is 15.6 Å². The second-order valence-electron chi connectivity index (χ2n) is 8.03. The Morgan fingerprint density at radius 2 is 2.07 bits per heavy atom. The molecule has 4 rings (SSSR count). The number of fused-ring (bicyclic) bond motifs is 2. The summed E-state index contributed by atoms with van der Waals surface area (Å²) in [6.07, 6.45) is 0.957. The summed E-state index contributed by atoms with van der Waals surface area (Å²) in [5.74, 6) is -1.40. The molecule has 2 aliphatic rings. The van der Waals surface area contributed by atoms with Crippen molar-refractivity contribution in [2.45, 2.75) is 30.7 Å². The number of amidine groups is 1. The van der Waals surface area contributed by atoms with Crippen molar-refractivity contribution in [1.29, 1.82) is 5.41 Å². The molecule has 10 heteroatoms. The number of anilines is 1. The smallest absolute Gasteiger partial charge is 0.274 e. The molecule has 1 amide bonds. The highest BCUT2D eigenvalue weighted by atomic mass is 32.2. The second-order valence-corrected chi connectivity index (χ2v) is 10.6. The quantitative estimate of drug-likeness (QED) is 0.667. The molecule has 1 spiro atoms. The van der Waals surface area contributed by atoms with Gasteiger partial charge in [0.1, 0.15) is 27.6 Å². The SMILES string of the molecule is CC1(C)C(=N)N[C@@]2(COCc3ccc(NC(=O)c4ccc(F)cn4)cc32)CS1(=O)=O. The fraction of sp³-hybridized carbons (Fsp3) is 0.350. The summed E-state index contributed by atoms with van der Waals surface area (Å²) in [6.45, 7) is 3.38. The highest BCUT2D eigenvalue weighted by molar-refractivity contribution is 7.93. The van der Waals surface area contributed by atoms with Gasteiger partial charge >= 0.3 is 0 Å². The fourth-order valence-corrected chi connectivity index (χ4v) is 5.34. The lowest BCUT2D eigenvalue weighted by molar-refractivity contribution is 0.0513. The molecule has 2 aliphatic heterocycles. The molecule has 0 unspecified atom stereocenters. The number of carbonyl (C=O) groups is 1. The van der Waals surface area contributed by atoms with Crippen LogP contribution in [-0.2, 0) is 26.7 Å². The van der Waals surface area contributed by atoms with Gasteiger partial charge in [-0.2, -0.15) is 0 Å². The number of hydrogen-bond donors (Lipinski definition) is 3. The van der Waals surface area contributed by atoms with E-state index in [1.165, 1.54) is 19.9 Å². The molecule has 0 saturated carbocycles. The van der Waals surface area contributed by atoms with Crippen molar-refractivity contribution in [3.63, 3.8) is 0 Å². The van der Waals surface area contributed by atoms with Crippen LogP contribution in [0.3, 0.4) is 0 Å². The van der Waals surface area contributed by atoms with Gasteiger partial charge in [0.15, 0.2) is 9.84 Å². The molecule has 158 valence electrons. The summed E-state index contributed by atoms with van der Waals surface area (Å²) in [5.41, 5.74) is 0.793. The van der Waals surface area contributed by atoms with Crippen molar-refractivity contribution in [1.82, 2.24) is 10.3 Å². The van der Waals surface area contributed by atoms with Gasteiger partial charge in [0.25, 0.3) is 5.91 Å². The first kappa shape index (κ1) is 20.4. The van der Waals surface area contributed by atoms with Gasteiger partial charge in [-0.15, -0.1) is 0 Å². The first-order valence-corrected chi connectivity index (χ1v) is 10.9. The van der Waals surface area contributed by atoms with Crippen molar-refractivity contribution < 1.29 is 22.3 Å². The van der Waals surface area contributed by atoms with E-state index in [9.17, 15) is 17.6 Å². The van der Waals surface area contributed by atoms with Crippen LogP contribution in [0.25, 0.3) is 0 Å².